The molecule has 3 nitrogen and oxygen atoms in total. The van der Waals surface area contributed by atoms with E-state index in [4.69, 9.17) is 5.73 Å². The second kappa shape index (κ2) is 2.82. The van der Waals surface area contributed by atoms with Gasteiger partial charge in [0.1, 0.15) is 0 Å². The Kier molecular flexibility index (Phi) is 2.14. The highest BCUT2D eigenvalue weighted by Gasteiger charge is 2.34. The van der Waals surface area contributed by atoms with Gasteiger partial charge in [-0.3, -0.25) is 4.79 Å². The summed E-state index contributed by atoms with van der Waals surface area (Å²) in [6.45, 7) is 4.25. The molecule has 0 saturated heterocycles. The van der Waals surface area contributed by atoms with Crippen LogP contribution >= 0.6 is 11.3 Å². The molecule has 1 rings (SSSR count). The highest BCUT2D eigenvalue weighted by atomic mass is 32.1. The van der Waals surface area contributed by atoms with E-state index in [1.54, 1.807) is 0 Å². The number of alkyl halides is 1. The molecular weight excluding hydrogens is 179 g/mol. The SMILES string of the molecule is [CH2]C(F)(C(C)=O)c1csc(N)n1. The van der Waals surface area contributed by atoms with Gasteiger partial charge in [-0.1, -0.05) is 0 Å². The molecule has 0 saturated carbocycles. The summed E-state index contributed by atoms with van der Waals surface area (Å²) in [5.74, 6) is -0.673. The number of hydrogen-bond donors (Lipinski definition) is 1. The molecule has 5 heteroatoms. The molecule has 1 atom stereocenters. The number of thiazole rings is 1. The lowest BCUT2D eigenvalue weighted by atomic mass is 10.0. The zero-order valence-electron chi connectivity index (χ0n) is 6.50. The van der Waals surface area contributed by atoms with E-state index in [1.165, 1.54) is 5.38 Å². The Labute approximate surface area is 73.4 Å². The van der Waals surface area contributed by atoms with Gasteiger partial charge in [0.05, 0.1) is 5.69 Å². The summed E-state index contributed by atoms with van der Waals surface area (Å²) >= 11 is 1.08. The monoisotopic (exact) mass is 187 g/mol. The first kappa shape index (κ1) is 9.12. The number of carbonyl (C=O) groups is 1. The van der Waals surface area contributed by atoms with Crippen molar-refractivity contribution in [1.29, 1.82) is 0 Å². The third-order valence-corrected chi connectivity index (χ3v) is 2.16. The number of nitrogen functional groups attached to an aromatic ring is 1. The smallest absolute Gasteiger partial charge is 0.211 e. The third-order valence-electron chi connectivity index (χ3n) is 1.49. The van der Waals surface area contributed by atoms with Gasteiger partial charge in [0, 0.05) is 5.38 Å². The van der Waals surface area contributed by atoms with Gasteiger partial charge < -0.3 is 5.73 Å². The Bertz CT molecular complexity index is 308. The van der Waals surface area contributed by atoms with Crippen LogP contribution in [-0.2, 0) is 10.5 Å². The van der Waals surface area contributed by atoms with Crippen LogP contribution in [0.3, 0.4) is 0 Å². The maximum Gasteiger partial charge on any atom is 0.211 e. The van der Waals surface area contributed by atoms with Crippen molar-refractivity contribution in [3.8, 4) is 0 Å². The lowest BCUT2D eigenvalue weighted by Gasteiger charge is -2.12. The van der Waals surface area contributed by atoms with Gasteiger partial charge in [-0.05, 0) is 13.8 Å². The highest BCUT2D eigenvalue weighted by Crippen LogP contribution is 2.27. The van der Waals surface area contributed by atoms with Crippen molar-refractivity contribution < 1.29 is 9.18 Å². The first-order chi connectivity index (χ1) is 5.44. The van der Waals surface area contributed by atoms with E-state index in [2.05, 4.69) is 11.9 Å². The van der Waals surface area contributed by atoms with Crippen LogP contribution < -0.4 is 5.73 Å². The van der Waals surface area contributed by atoms with E-state index in [1.807, 2.05) is 0 Å². The molecule has 0 aliphatic rings. The number of carbonyl (C=O) groups excluding carboxylic acids is 1. The van der Waals surface area contributed by atoms with Crippen molar-refractivity contribution in [2.75, 3.05) is 5.73 Å². The average Bonchev–Trinajstić information content (AvgIpc) is 2.35. The molecule has 12 heavy (non-hydrogen) atoms. The Morgan fingerprint density at radius 1 is 1.92 bits per heavy atom. The van der Waals surface area contributed by atoms with E-state index in [0.29, 0.717) is 0 Å². The van der Waals surface area contributed by atoms with Gasteiger partial charge in [-0.2, -0.15) is 0 Å². The summed E-state index contributed by atoms with van der Waals surface area (Å²) < 4.78 is 13.4. The predicted octanol–water partition coefficient (Wildman–Crippen LogP) is 1.31. The molecule has 0 amide bonds. The Balaban J connectivity index is 3.05. The van der Waals surface area contributed by atoms with Crippen molar-refractivity contribution in [2.24, 2.45) is 0 Å². The Morgan fingerprint density at radius 2 is 2.50 bits per heavy atom. The van der Waals surface area contributed by atoms with E-state index in [9.17, 15) is 9.18 Å². The summed E-state index contributed by atoms with van der Waals surface area (Å²) in [4.78, 5) is 14.4. The molecule has 0 aliphatic carbocycles. The zero-order valence-corrected chi connectivity index (χ0v) is 7.32. The van der Waals surface area contributed by atoms with Crippen LogP contribution in [-0.4, -0.2) is 10.8 Å². The van der Waals surface area contributed by atoms with Gasteiger partial charge in [-0.15, -0.1) is 11.3 Å². The van der Waals surface area contributed by atoms with E-state index < -0.39 is 11.5 Å². The molecule has 0 aliphatic heterocycles. The summed E-state index contributed by atoms with van der Waals surface area (Å²) in [7, 11) is 0. The molecule has 0 aromatic carbocycles. The summed E-state index contributed by atoms with van der Waals surface area (Å²) in [5, 5.41) is 1.63. The largest absolute Gasteiger partial charge is 0.375 e. The fraction of sp³-hybridized carbons (Fsp3) is 0.286. The summed E-state index contributed by atoms with van der Waals surface area (Å²) in [6, 6.07) is 0. The number of aromatic nitrogens is 1. The first-order valence-electron chi connectivity index (χ1n) is 3.21. The molecular formula is C7H8FN2OS. The number of nitrogens with two attached hydrogens (primary N) is 1. The highest BCUT2D eigenvalue weighted by molar-refractivity contribution is 7.13. The van der Waals surface area contributed by atoms with E-state index in [0.717, 1.165) is 18.3 Å². The van der Waals surface area contributed by atoms with Gasteiger partial charge in [0.2, 0.25) is 5.67 Å². The summed E-state index contributed by atoms with van der Waals surface area (Å²) in [5.41, 5.74) is 3.01. The molecule has 1 aromatic rings. The second-order valence-corrected chi connectivity index (χ2v) is 3.32. The molecule has 1 aromatic heterocycles. The van der Waals surface area contributed by atoms with Crippen LogP contribution in [0.25, 0.3) is 0 Å². The number of nitrogens with zero attached hydrogens (tertiary/aromatic N) is 1. The molecule has 2 N–H and O–H groups in total. The number of anilines is 1. The number of halogens is 1. The quantitative estimate of drug-likeness (QED) is 0.759. The van der Waals surface area contributed by atoms with E-state index >= 15 is 0 Å². The van der Waals surface area contributed by atoms with Crippen LogP contribution in [0.1, 0.15) is 12.6 Å². The second-order valence-electron chi connectivity index (χ2n) is 2.43. The van der Waals surface area contributed by atoms with Crippen molar-refractivity contribution in [2.45, 2.75) is 12.6 Å². The van der Waals surface area contributed by atoms with E-state index in [-0.39, 0.29) is 10.8 Å². The molecule has 65 valence electrons. The standard InChI is InChI=1S/C7H8FN2OS/c1-4(11)7(2,8)5-3-12-6(9)10-5/h3H,2H2,1H3,(H2,9,10). The molecule has 1 heterocycles. The molecule has 0 fully saturated rings. The summed E-state index contributed by atoms with van der Waals surface area (Å²) in [6.07, 6.45) is 0. The maximum absolute atomic E-state index is 13.4. The average molecular weight is 187 g/mol. The van der Waals surface area contributed by atoms with Crippen LogP contribution in [0, 0.1) is 6.92 Å². The van der Waals surface area contributed by atoms with Crippen LogP contribution in [0.5, 0.6) is 0 Å². The van der Waals surface area contributed by atoms with Crippen molar-refractivity contribution in [1.82, 2.24) is 4.98 Å². The fourth-order valence-corrected chi connectivity index (χ4v) is 1.27. The lowest BCUT2D eigenvalue weighted by Crippen LogP contribution is -2.25. The van der Waals surface area contributed by atoms with Crippen molar-refractivity contribution in [3.05, 3.63) is 18.0 Å². The number of ketones is 1. The first-order valence-corrected chi connectivity index (χ1v) is 4.09. The Hall–Kier alpha value is -0.970. The topological polar surface area (TPSA) is 56.0 Å². The van der Waals surface area contributed by atoms with Gasteiger partial charge in [0.15, 0.2) is 10.9 Å². The van der Waals surface area contributed by atoms with Gasteiger partial charge in [0.25, 0.3) is 0 Å². The number of Topliss-reactive ketones (excluding diaryl/α,β-unsaturated/α-hetero) is 1. The van der Waals surface area contributed by atoms with Gasteiger partial charge >= 0.3 is 0 Å². The zero-order chi connectivity index (χ0) is 9.35. The molecule has 0 spiro atoms. The normalized spacial score (nSPS) is 15.6. The number of rotatable bonds is 2. The maximum atomic E-state index is 13.4. The predicted molar refractivity (Wildman–Crippen MR) is 45.4 cm³/mol. The number of hydrogen-bond acceptors (Lipinski definition) is 4. The fourth-order valence-electron chi connectivity index (χ4n) is 0.650. The Morgan fingerprint density at radius 3 is 2.83 bits per heavy atom. The lowest BCUT2D eigenvalue weighted by molar-refractivity contribution is -0.126. The van der Waals surface area contributed by atoms with Crippen molar-refractivity contribution in [3.63, 3.8) is 0 Å². The van der Waals surface area contributed by atoms with Crippen LogP contribution in [0.4, 0.5) is 9.52 Å². The minimum absolute atomic E-state index is 0.0162. The van der Waals surface area contributed by atoms with Crippen molar-refractivity contribution >= 4 is 22.3 Å². The molecule has 1 radical (unpaired) electrons. The molecule has 1 unspecified atom stereocenters. The molecule has 0 bridgehead atoms. The van der Waals surface area contributed by atoms with Crippen LogP contribution in [0.2, 0.25) is 0 Å². The third kappa shape index (κ3) is 1.45. The minimum Gasteiger partial charge on any atom is -0.375 e. The van der Waals surface area contributed by atoms with Gasteiger partial charge in [-0.25, -0.2) is 9.37 Å². The minimum atomic E-state index is -2.26. The van der Waals surface area contributed by atoms with Crippen LogP contribution in [0.15, 0.2) is 5.38 Å².